The predicted molar refractivity (Wildman–Crippen MR) is 91.1 cm³/mol. The van der Waals surface area contributed by atoms with Crippen LogP contribution in [0.3, 0.4) is 0 Å². The van der Waals surface area contributed by atoms with Crippen LogP contribution in [-0.4, -0.2) is 33.5 Å². The molecule has 1 saturated heterocycles. The second kappa shape index (κ2) is 13.3. The standard InChI is InChI=1S/C9H11IN3O11P3.2Na/c10-4-2-13(9(15)12-8(4)11)7-1-5(14)6(22-7)3-21-26(18)24-27(19,20)23-25(16)17;;/h2,5-7,14H,1,3H2,(H2-,11,12,15,19,20);;/q;2*+1/t5-,6+,7+;;/m0../s1. The van der Waals surface area contributed by atoms with Crippen molar-refractivity contribution in [2.45, 2.75) is 24.9 Å². The number of aromatic nitrogens is 2. The van der Waals surface area contributed by atoms with Crippen molar-refractivity contribution in [1.82, 2.24) is 9.55 Å². The van der Waals surface area contributed by atoms with Crippen molar-refractivity contribution in [2.75, 3.05) is 12.3 Å². The van der Waals surface area contributed by atoms with E-state index in [1.807, 2.05) is 22.6 Å². The first-order chi connectivity index (χ1) is 12.5. The molecule has 3 unspecified atom stereocenters. The third-order valence-corrected chi connectivity index (χ3v) is 6.98. The molecule has 20 heteroatoms. The third kappa shape index (κ3) is 9.52. The molecule has 0 aliphatic carbocycles. The largest absolute Gasteiger partial charge is 1.00 e. The van der Waals surface area contributed by atoms with Crippen molar-refractivity contribution in [3.63, 3.8) is 0 Å². The molecule has 0 amide bonds. The fourth-order valence-electron chi connectivity index (χ4n) is 2.04. The van der Waals surface area contributed by atoms with Crippen molar-refractivity contribution >= 4 is 52.7 Å². The first kappa shape index (κ1) is 30.6. The van der Waals surface area contributed by atoms with Crippen LogP contribution in [0.4, 0.5) is 5.82 Å². The number of aliphatic hydroxyl groups is 1. The van der Waals surface area contributed by atoms with Gasteiger partial charge in [0, 0.05) is 17.2 Å². The molecule has 2 heterocycles. The normalized spacial score (nSPS) is 24.1. The maximum Gasteiger partial charge on any atom is 1.00 e. The molecule has 0 aromatic carbocycles. The van der Waals surface area contributed by atoms with E-state index in [-0.39, 0.29) is 71.4 Å². The number of hydrogen-bond donors (Lipinski definition) is 2. The minimum Gasteiger partial charge on any atom is -0.750 e. The molecule has 29 heavy (non-hydrogen) atoms. The van der Waals surface area contributed by atoms with E-state index in [9.17, 15) is 33.4 Å². The summed E-state index contributed by atoms with van der Waals surface area (Å²) in [5.74, 6) is 0.0357. The van der Waals surface area contributed by atoms with E-state index >= 15 is 0 Å². The average molecular weight is 603 g/mol. The Kier molecular flexibility index (Phi) is 14.0. The summed E-state index contributed by atoms with van der Waals surface area (Å²) in [5.41, 5.74) is 4.81. The maximum atomic E-state index is 11.9. The van der Waals surface area contributed by atoms with Crippen LogP contribution in [0.25, 0.3) is 0 Å². The summed E-state index contributed by atoms with van der Waals surface area (Å²) >= 11 is 1.85. The molecule has 6 atom stereocenters. The second-order valence-corrected chi connectivity index (χ2v) is 9.47. The second-order valence-electron chi connectivity index (χ2n) is 4.95. The molecule has 1 aliphatic heterocycles. The van der Waals surface area contributed by atoms with Crippen LogP contribution < -0.4 is 80.3 Å². The van der Waals surface area contributed by atoms with Gasteiger partial charge in [-0.2, -0.15) is 4.98 Å². The van der Waals surface area contributed by atoms with Gasteiger partial charge >= 0.3 is 89.1 Å². The van der Waals surface area contributed by atoms with Crippen LogP contribution in [0.15, 0.2) is 11.0 Å². The molecule has 14 nitrogen and oxygen atoms in total. The Morgan fingerprint density at radius 3 is 2.66 bits per heavy atom. The zero-order chi connectivity index (χ0) is 20.4. The molecule has 3 N–H and O–H groups in total. The topological polar surface area (TPSA) is 215 Å². The van der Waals surface area contributed by atoms with Gasteiger partial charge < -0.3 is 25.4 Å². The van der Waals surface area contributed by atoms with Crippen molar-refractivity contribution in [3.8, 4) is 0 Å². The van der Waals surface area contributed by atoms with E-state index in [1.54, 1.807) is 0 Å². The quantitative estimate of drug-likeness (QED) is 0.161. The van der Waals surface area contributed by atoms with Gasteiger partial charge in [0.2, 0.25) is 0 Å². The minimum atomic E-state index is -5.38. The van der Waals surface area contributed by atoms with Gasteiger partial charge in [0.15, 0.2) is 0 Å². The van der Waals surface area contributed by atoms with E-state index < -0.39 is 55.1 Å². The zero-order valence-electron chi connectivity index (χ0n) is 14.9. The summed E-state index contributed by atoms with van der Waals surface area (Å²) in [6.45, 7) is -0.579. The molecule has 1 aliphatic rings. The number of rotatable bonds is 8. The van der Waals surface area contributed by atoms with Gasteiger partial charge in [-0.25, -0.2) is 4.79 Å². The van der Waals surface area contributed by atoms with E-state index in [1.165, 1.54) is 6.20 Å². The SMILES string of the molecule is Nc1nc(=O)n([C@H]2C[C@H](O)[C@@H](CO[P+](=O)OP(=O)([O-])O[P+](=O)[O-])O2)cc1I.[Na+].[Na+]. The molecule has 0 bridgehead atoms. The molecule has 0 spiro atoms. The number of aliphatic hydroxyl groups excluding tert-OH is 1. The summed E-state index contributed by atoms with van der Waals surface area (Å²) in [7, 11) is -12.5. The van der Waals surface area contributed by atoms with E-state index in [2.05, 4.69) is 18.1 Å². The Labute approximate surface area is 223 Å². The van der Waals surface area contributed by atoms with Crippen molar-refractivity contribution < 1.29 is 106 Å². The summed E-state index contributed by atoms with van der Waals surface area (Å²) in [6.07, 6.45) is -1.80. The molecule has 1 fully saturated rings. The summed E-state index contributed by atoms with van der Waals surface area (Å²) < 4.78 is 51.6. The number of nitrogen functional groups attached to an aromatic ring is 1. The number of nitrogens with two attached hydrogens (primary N) is 1. The van der Waals surface area contributed by atoms with Gasteiger partial charge in [-0.1, -0.05) is 4.31 Å². The number of anilines is 1. The van der Waals surface area contributed by atoms with Gasteiger partial charge in [-0.05, 0) is 31.5 Å². The van der Waals surface area contributed by atoms with Crippen LogP contribution >= 0.6 is 46.9 Å². The summed E-state index contributed by atoms with van der Waals surface area (Å²) in [4.78, 5) is 36.7. The Balaban J connectivity index is 0.00000392. The average Bonchev–Trinajstić information content (AvgIpc) is 2.87. The number of ether oxygens (including phenoxy) is 1. The molecular weight excluding hydrogens is 592 g/mol. The number of hydrogen-bond acceptors (Lipinski definition) is 13. The van der Waals surface area contributed by atoms with Gasteiger partial charge in [0.1, 0.15) is 24.8 Å². The zero-order valence-corrected chi connectivity index (χ0v) is 23.8. The van der Waals surface area contributed by atoms with Crippen LogP contribution in [0.2, 0.25) is 0 Å². The Hall–Kier alpha value is 1.56. The number of nitrogens with zero attached hydrogens (tertiary/aromatic N) is 2. The smallest absolute Gasteiger partial charge is 0.750 e. The van der Waals surface area contributed by atoms with E-state index in [4.69, 9.17) is 10.5 Å². The first-order valence-electron chi connectivity index (χ1n) is 6.81. The van der Waals surface area contributed by atoms with Crippen LogP contribution in [0.5, 0.6) is 0 Å². The minimum absolute atomic E-state index is 0. The Morgan fingerprint density at radius 2 is 2.07 bits per heavy atom. The molecular formula is C9H11IN3Na2O11P3+2. The first-order valence-corrected chi connectivity index (χ1v) is 11.5. The third-order valence-electron chi connectivity index (χ3n) is 3.13. The van der Waals surface area contributed by atoms with E-state index in [0.717, 1.165) is 4.57 Å². The van der Waals surface area contributed by atoms with Crippen LogP contribution in [0.1, 0.15) is 12.6 Å². The summed E-state index contributed by atoms with van der Waals surface area (Å²) in [5, 5.41) is 9.98. The van der Waals surface area contributed by atoms with E-state index in [0.29, 0.717) is 3.57 Å². The maximum absolute atomic E-state index is 11.9. The molecule has 1 aromatic rings. The van der Waals surface area contributed by atoms with Crippen molar-refractivity contribution in [3.05, 3.63) is 20.3 Å². The molecule has 1 aromatic heterocycles. The van der Waals surface area contributed by atoms with Gasteiger partial charge in [-0.15, -0.1) is 4.52 Å². The van der Waals surface area contributed by atoms with Crippen molar-refractivity contribution in [2.24, 2.45) is 0 Å². The fourth-order valence-corrected chi connectivity index (χ4v) is 4.61. The van der Waals surface area contributed by atoms with Gasteiger partial charge in [-0.3, -0.25) is 9.13 Å². The fraction of sp³-hybridized carbons (Fsp3) is 0.556. The molecule has 0 radical (unpaired) electrons. The van der Waals surface area contributed by atoms with Crippen molar-refractivity contribution in [1.29, 1.82) is 0 Å². The summed E-state index contributed by atoms with van der Waals surface area (Å²) in [6, 6.07) is 0. The predicted octanol–water partition coefficient (Wildman–Crippen LogP) is -6.72. The monoisotopic (exact) mass is 603 g/mol. The van der Waals surface area contributed by atoms with Gasteiger partial charge in [0.25, 0.3) is 0 Å². The molecule has 2 rings (SSSR count). The van der Waals surface area contributed by atoms with Crippen LogP contribution in [0, 0.1) is 3.57 Å². The number of halogens is 1. The van der Waals surface area contributed by atoms with Gasteiger partial charge in [0.05, 0.1) is 9.67 Å². The van der Waals surface area contributed by atoms with Crippen LogP contribution in [-0.2, 0) is 31.6 Å². The number of phosphoric acid groups is 1. The molecule has 0 saturated carbocycles. The Bertz CT molecular complexity index is 861. The Morgan fingerprint density at radius 1 is 1.45 bits per heavy atom. The molecule has 150 valence electrons.